The molecule has 18 heteroatoms. The maximum absolute atomic E-state index is 13.1. The van der Waals surface area contributed by atoms with Gasteiger partial charge in [-0.2, -0.15) is 8.42 Å². The summed E-state index contributed by atoms with van der Waals surface area (Å²) in [6.45, 7) is 7.28. The molecule has 4 amide bonds. The van der Waals surface area contributed by atoms with Gasteiger partial charge in [-0.15, -0.1) is 0 Å². The molecule has 1 fully saturated rings. The van der Waals surface area contributed by atoms with Crippen molar-refractivity contribution in [1.29, 1.82) is 0 Å². The Hall–Kier alpha value is -3.85. The molecule has 2 N–H and O–H groups in total. The fourth-order valence-electron chi connectivity index (χ4n) is 5.32. The number of imide groups is 2. The molecular formula is C36H49N3O14S. The van der Waals surface area contributed by atoms with E-state index >= 15 is 0 Å². The third kappa shape index (κ3) is 13.8. The summed E-state index contributed by atoms with van der Waals surface area (Å²) in [6, 6.07) is 10.3. The molecule has 2 aliphatic rings. The van der Waals surface area contributed by atoms with Gasteiger partial charge in [0, 0.05) is 18.7 Å². The Kier molecular flexibility index (Phi) is 18.4. The van der Waals surface area contributed by atoms with Gasteiger partial charge in [-0.25, -0.2) is 0 Å². The zero-order valence-corrected chi connectivity index (χ0v) is 31.2. The van der Waals surface area contributed by atoms with Gasteiger partial charge in [0.25, 0.3) is 21.9 Å². The highest BCUT2D eigenvalue weighted by Crippen LogP contribution is 2.32. The quantitative estimate of drug-likeness (QED) is 0.0711. The second-order valence-corrected chi connectivity index (χ2v) is 13.6. The van der Waals surface area contributed by atoms with Crippen LogP contribution in [0, 0.1) is 6.92 Å². The van der Waals surface area contributed by atoms with Gasteiger partial charge in [-0.05, 0) is 37.6 Å². The first kappa shape index (κ1) is 42.9. The molecule has 54 heavy (non-hydrogen) atoms. The number of anilines is 1. The van der Waals surface area contributed by atoms with Crippen molar-refractivity contribution in [1.82, 2.24) is 10.2 Å². The number of fused-ring (bicyclic) bond motifs is 1. The van der Waals surface area contributed by atoms with E-state index in [0.29, 0.717) is 98.1 Å². The number of hydrogen-bond acceptors (Lipinski definition) is 15. The first-order valence-corrected chi connectivity index (χ1v) is 19.2. The van der Waals surface area contributed by atoms with Crippen LogP contribution in [0.25, 0.3) is 0 Å². The van der Waals surface area contributed by atoms with Crippen LogP contribution in [-0.2, 0) is 57.0 Å². The van der Waals surface area contributed by atoms with Crippen LogP contribution >= 0.6 is 0 Å². The zero-order chi connectivity index (χ0) is 38.6. The summed E-state index contributed by atoms with van der Waals surface area (Å²) in [5.74, 6) is -2.20. The number of amides is 4. The highest BCUT2D eigenvalue weighted by molar-refractivity contribution is 7.86. The van der Waals surface area contributed by atoms with Crippen molar-refractivity contribution in [3.63, 3.8) is 0 Å². The first-order valence-electron chi connectivity index (χ1n) is 17.8. The number of piperidine rings is 1. The minimum atomic E-state index is -3.80. The summed E-state index contributed by atoms with van der Waals surface area (Å²) in [5.41, 5.74) is 1.84. The predicted molar refractivity (Wildman–Crippen MR) is 192 cm³/mol. The SMILES string of the molecule is Cc1ccc(S(=O)(=O)OCCOCCOCCOCCOCCOCCOCCOCCNc2cccc3c2C(=O)N(C2CCC(=O)NC2=O)C3=O)cc1. The maximum atomic E-state index is 13.1. The normalized spacial score (nSPS) is 15.9. The van der Waals surface area contributed by atoms with E-state index in [0.717, 1.165) is 10.5 Å². The van der Waals surface area contributed by atoms with Crippen molar-refractivity contribution in [3.8, 4) is 0 Å². The second kappa shape index (κ2) is 23.2. The molecule has 1 unspecified atom stereocenters. The number of ether oxygens (including phenoxy) is 7. The Labute approximate surface area is 314 Å². The van der Waals surface area contributed by atoms with Gasteiger partial charge >= 0.3 is 0 Å². The van der Waals surface area contributed by atoms with E-state index < -0.39 is 39.8 Å². The summed E-state index contributed by atoms with van der Waals surface area (Å²) in [4.78, 5) is 50.9. The summed E-state index contributed by atoms with van der Waals surface area (Å²) in [5, 5.41) is 5.31. The Balaban J connectivity index is 0.883. The molecule has 17 nitrogen and oxygen atoms in total. The van der Waals surface area contributed by atoms with E-state index in [2.05, 4.69) is 10.6 Å². The third-order valence-corrected chi connectivity index (χ3v) is 9.36. The average molecular weight is 780 g/mol. The highest BCUT2D eigenvalue weighted by Gasteiger charge is 2.45. The van der Waals surface area contributed by atoms with Gasteiger partial charge in [0.1, 0.15) is 6.04 Å². The van der Waals surface area contributed by atoms with Gasteiger partial charge in [-0.3, -0.25) is 33.6 Å². The molecule has 2 aromatic carbocycles. The number of aryl methyl sites for hydroxylation is 1. The lowest BCUT2D eigenvalue weighted by molar-refractivity contribution is -0.136. The second-order valence-electron chi connectivity index (χ2n) is 12.0. The molecule has 4 rings (SSSR count). The van der Waals surface area contributed by atoms with Crippen LogP contribution in [0.3, 0.4) is 0 Å². The van der Waals surface area contributed by atoms with Crippen LogP contribution in [0.5, 0.6) is 0 Å². The third-order valence-electron chi connectivity index (χ3n) is 8.04. The van der Waals surface area contributed by atoms with E-state index in [1.54, 1.807) is 30.3 Å². The monoisotopic (exact) mass is 779 g/mol. The Morgan fingerprint density at radius 1 is 0.667 bits per heavy atom. The number of benzene rings is 2. The van der Waals surface area contributed by atoms with Crippen LogP contribution < -0.4 is 10.6 Å². The van der Waals surface area contributed by atoms with Gasteiger partial charge in [0.05, 0.1) is 115 Å². The van der Waals surface area contributed by atoms with E-state index in [-0.39, 0.29) is 42.1 Å². The lowest BCUT2D eigenvalue weighted by Gasteiger charge is -2.27. The largest absolute Gasteiger partial charge is 0.382 e. The molecule has 2 aromatic rings. The average Bonchev–Trinajstić information content (AvgIpc) is 3.41. The molecule has 0 radical (unpaired) electrons. The fourth-order valence-corrected chi connectivity index (χ4v) is 6.21. The molecule has 0 saturated carbocycles. The maximum Gasteiger partial charge on any atom is 0.297 e. The van der Waals surface area contributed by atoms with Crippen LogP contribution in [0.1, 0.15) is 39.1 Å². The predicted octanol–water partition coefficient (Wildman–Crippen LogP) is 1.33. The molecule has 298 valence electrons. The molecule has 2 aliphatic heterocycles. The van der Waals surface area contributed by atoms with E-state index in [4.69, 9.17) is 37.3 Å². The molecule has 0 aromatic heterocycles. The molecule has 1 saturated heterocycles. The van der Waals surface area contributed by atoms with Gasteiger partial charge in [-0.1, -0.05) is 23.8 Å². The van der Waals surface area contributed by atoms with Crippen molar-refractivity contribution in [2.75, 3.05) is 111 Å². The first-order chi connectivity index (χ1) is 26.2. The van der Waals surface area contributed by atoms with Crippen LogP contribution in [0.4, 0.5) is 5.69 Å². The van der Waals surface area contributed by atoms with Crippen molar-refractivity contribution in [2.24, 2.45) is 0 Å². The smallest absolute Gasteiger partial charge is 0.297 e. The molecule has 0 aliphatic carbocycles. The number of nitrogens with one attached hydrogen (secondary N) is 2. The van der Waals surface area contributed by atoms with Gasteiger partial charge in [0.2, 0.25) is 11.8 Å². The zero-order valence-electron chi connectivity index (χ0n) is 30.4. The lowest BCUT2D eigenvalue weighted by atomic mass is 10.0. The van der Waals surface area contributed by atoms with Crippen LogP contribution in [-0.4, -0.2) is 149 Å². The lowest BCUT2D eigenvalue weighted by Crippen LogP contribution is -2.54. The van der Waals surface area contributed by atoms with E-state index in [1.165, 1.54) is 12.1 Å². The molecular weight excluding hydrogens is 730 g/mol. The van der Waals surface area contributed by atoms with Crippen molar-refractivity contribution in [2.45, 2.75) is 30.7 Å². The van der Waals surface area contributed by atoms with Crippen LogP contribution in [0.15, 0.2) is 47.4 Å². The molecule has 0 bridgehead atoms. The minimum absolute atomic E-state index is 0.0591. The summed E-state index contributed by atoms with van der Waals surface area (Å²) < 4.78 is 67.4. The highest BCUT2D eigenvalue weighted by atomic mass is 32.2. The molecule has 0 spiro atoms. The van der Waals surface area contributed by atoms with Crippen molar-refractivity contribution in [3.05, 3.63) is 59.2 Å². The Bertz CT molecular complexity index is 1620. The summed E-state index contributed by atoms with van der Waals surface area (Å²) in [6.07, 6.45) is 0.156. The summed E-state index contributed by atoms with van der Waals surface area (Å²) in [7, 11) is -3.80. The fraction of sp³-hybridized carbons (Fsp3) is 0.556. The number of hydrogen-bond donors (Lipinski definition) is 2. The molecule has 1 atom stereocenters. The van der Waals surface area contributed by atoms with Crippen LogP contribution in [0.2, 0.25) is 0 Å². The number of carbonyl (C=O) groups is 4. The van der Waals surface area contributed by atoms with E-state index in [9.17, 15) is 27.6 Å². The van der Waals surface area contributed by atoms with Gasteiger partial charge in [0.15, 0.2) is 0 Å². The number of nitrogens with zero attached hydrogens (tertiary/aromatic N) is 1. The number of rotatable bonds is 28. The molecule has 2 heterocycles. The topological polar surface area (TPSA) is 204 Å². The number of carbonyl (C=O) groups excluding carboxylic acids is 4. The van der Waals surface area contributed by atoms with Crippen molar-refractivity contribution < 1.29 is 64.9 Å². The summed E-state index contributed by atoms with van der Waals surface area (Å²) >= 11 is 0. The standard InChI is InChI=1S/C36H49N3O14S/c1-27-5-7-28(8-6-27)54(44,45)53-26-25-52-24-23-51-22-21-50-20-19-49-18-17-48-16-15-47-14-13-46-12-11-37-30-4-2-3-29-33(30)36(43)39(35(29)42)31-9-10-32(40)38-34(31)41/h2-8,31,37H,9-26H2,1H3,(H,38,40,41). The Morgan fingerprint density at radius 3 is 1.69 bits per heavy atom. The van der Waals surface area contributed by atoms with Crippen molar-refractivity contribution >= 4 is 39.4 Å². The Morgan fingerprint density at radius 2 is 1.17 bits per heavy atom. The van der Waals surface area contributed by atoms with E-state index in [1.807, 2.05) is 6.92 Å². The van der Waals surface area contributed by atoms with Gasteiger partial charge < -0.3 is 38.5 Å². The minimum Gasteiger partial charge on any atom is -0.382 e.